The molecule has 4 N–H and O–H groups in total. The number of anilines is 2. The Morgan fingerprint density at radius 3 is 0.848 bits per heavy atom. The lowest BCUT2D eigenvalue weighted by Gasteiger charge is -2.19. The molecular weight excluding hydrogens is 580 g/mol. The number of aromatic nitrogens is 4. The van der Waals surface area contributed by atoms with Crippen molar-refractivity contribution in [2.75, 3.05) is 39.9 Å². The molecule has 0 saturated carbocycles. The zero-order valence-corrected chi connectivity index (χ0v) is 25.8. The summed E-state index contributed by atoms with van der Waals surface area (Å²) in [6.07, 6.45) is 0. The number of nitrogen functional groups attached to an aromatic ring is 2. The molecule has 2 aromatic heterocycles. The average molecular weight is 613 g/mol. The molecule has 0 aliphatic rings. The molecule has 6 rings (SSSR count). The zero-order valence-electron chi connectivity index (χ0n) is 25.8. The molecule has 10 nitrogen and oxygen atoms in total. The maximum Gasteiger partial charge on any atom is 0.221 e. The summed E-state index contributed by atoms with van der Waals surface area (Å²) in [5, 5.41) is 0. The zero-order chi connectivity index (χ0) is 32.2. The smallest absolute Gasteiger partial charge is 0.221 e. The number of nitrogens with zero attached hydrogens (tertiary/aromatic N) is 4. The van der Waals surface area contributed by atoms with Crippen LogP contribution < -0.4 is 30.4 Å². The number of rotatable bonds is 9. The van der Waals surface area contributed by atoms with Gasteiger partial charge in [-0.15, -0.1) is 0 Å². The molecular formula is C36H32N6O4. The van der Waals surface area contributed by atoms with Crippen molar-refractivity contribution in [2.24, 2.45) is 0 Å². The van der Waals surface area contributed by atoms with Crippen molar-refractivity contribution in [1.29, 1.82) is 0 Å². The van der Waals surface area contributed by atoms with Gasteiger partial charge in [0.2, 0.25) is 11.9 Å². The third kappa shape index (κ3) is 5.83. The number of hydrogen-bond acceptors (Lipinski definition) is 10. The molecule has 6 aromatic rings. The SMILES string of the molecule is COc1ccc(-c2nc(N)nc(-c3nc(N)nc(-c4ccc(OC)cc4)c3-c3ccc(OC)cc3)c2-c2ccc(OC)cc2)cc1. The first-order chi connectivity index (χ1) is 22.4. The largest absolute Gasteiger partial charge is 0.497 e. The first kappa shape index (κ1) is 29.9. The van der Waals surface area contributed by atoms with Gasteiger partial charge in [0.05, 0.1) is 39.8 Å². The Bertz CT molecular complexity index is 1830. The van der Waals surface area contributed by atoms with E-state index in [1.807, 2.05) is 97.1 Å². The third-order valence-electron chi connectivity index (χ3n) is 7.56. The fraction of sp³-hybridized carbons (Fsp3) is 0.111. The number of methoxy groups -OCH3 is 4. The molecule has 0 fully saturated rings. The van der Waals surface area contributed by atoms with Gasteiger partial charge in [-0.3, -0.25) is 0 Å². The number of ether oxygens (including phenoxy) is 4. The van der Waals surface area contributed by atoms with E-state index in [0.29, 0.717) is 56.9 Å². The summed E-state index contributed by atoms with van der Waals surface area (Å²) in [7, 11) is 6.50. The monoisotopic (exact) mass is 612 g/mol. The van der Waals surface area contributed by atoms with Gasteiger partial charge in [-0.05, 0) is 83.9 Å². The van der Waals surface area contributed by atoms with E-state index in [2.05, 4.69) is 0 Å². The van der Waals surface area contributed by atoms with E-state index in [0.717, 1.165) is 22.3 Å². The van der Waals surface area contributed by atoms with E-state index < -0.39 is 0 Å². The first-order valence-electron chi connectivity index (χ1n) is 14.4. The van der Waals surface area contributed by atoms with Crippen LogP contribution in [0.25, 0.3) is 56.2 Å². The molecule has 0 atom stereocenters. The van der Waals surface area contributed by atoms with Crippen LogP contribution in [0.2, 0.25) is 0 Å². The van der Waals surface area contributed by atoms with Crippen molar-refractivity contribution in [3.05, 3.63) is 97.1 Å². The Balaban J connectivity index is 1.71. The van der Waals surface area contributed by atoms with Gasteiger partial charge in [-0.2, -0.15) is 0 Å². The van der Waals surface area contributed by atoms with E-state index >= 15 is 0 Å². The van der Waals surface area contributed by atoms with Crippen LogP contribution in [0.15, 0.2) is 97.1 Å². The minimum Gasteiger partial charge on any atom is -0.497 e. The number of nitrogens with two attached hydrogens (primary N) is 2. The Kier molecular flexibility index (Phi) is 8.34. The first-order valence-corrected chi connectivity index (χ1v) is 14.4. The van der Waals surface area contributed by atoms with Crippen LogP contribution in [0.5, 0.6) is 23.0 Å². The maximum atomic E-state index is 6.46. The van der Waals surface area contributed by atoms with E-state index in [1.165, 1.54) is 0 Å². The molecule has 0 saturated heterocycles. The second-order valence-electron chi connectivity index (χ2n) is 10.2. The Labute approximate surface area is 266 Å². The van der Waals surface area contributed by atoms with Gasteiger partial charge >= 0.3 is 0 Å². The molecule has 0 amide bonds. The topological polar surface area (TPSA) is 141 Å². The van der Waals surface area contributed by atoms with Crippen LogP contribution in [0, 0.1) is 0 Å². The Hall–Kier alpha value is -6.16. The van der Waals surface area contributed by atoms with Crippen molar-refractivity contribution in [3.8, 4) is 79.2 Å². The predicted octanol–water partition coefficient (Wildman–Crippen LogP) is 6.80. The molecule has 0 bridgehead atoms. The number of benzene rings is 4. The van der Waals surface area contributed by atoms with Gasteiger partial charge < -0.3 is 30.4 Å². The van der Waals surface area contributed by atoms with E-state index in [4.69, 9.17) is 50.4 Å². The van der Waals surface area contributed by atoms with Crippen molar-refractivity contribution in [3.63, 3.8) is 0 Å². The molecule has 0 unspecified atom stereocenters. The van der Waals surface area contributed by atoms with Gasteiger partial charge in [-0.1, -0.05) is 24.3 Å². The minimum atomic E-state index is 0.0712. The lowest BCUT2D eigenvalue weighted by molar-refractivity contribution is 0.414. The van der Waals surface area contributed by atoms with Crippen molar-refractivity contribution in [1.82, 2.24) is 19.9 Å². The molecule has 46 heavy (non-hydrogen) atoms. The molecule has 0 aliphatic heterocycles. The lowest BCUT2D eigenvalue weighted by atomic mass is 9.91. The minimum absolute atomic E-state index is 0.0712. The predicted molar refractivity (Wildman–Crippen MR) is 180 cm³/mol. The summed E-state index contributed by atoms with van der Waals surface area (Å²) in [6.45, 7) is 0. The van der Waals surface area contributed by atoms with Gasteiger partial charge in [0, 0.05) is 22.3 Å². The maximum absolute atomic E-state index is 6.46. The van der Waals surface area contributed by atoms with E-state index in [9.17, 15) is 0 Å². The van der Waals surface area contributed by atoms with E-state index in [1.54, 1.807) is 28.4 Å². The van der Waals surface area contributed by atoms with Crippen LogP contribution in [0.3, 0.4) is 0 Å². The molecule has 0 radical (unpaired) electrons. The summed E-state index contributed by atoms with van der Waals surface area (Å²) in [6, 6.07) is 30.5. The Morgan fingerprint density at radius 2 is 0.587 bits per heavy atom. The third-order valence-corrected chi connectivity index (χ3v) is 7.56. The summed E-state index contributed by atoms with van der Waals surface area (Å²) in [4.78, 5) is 19.1. The highest BCUT2D eigenvalue weighted by Gasteiger charge is 2.26. The summed E-state index contributed by atoms with van der Waals surface area (Å²) in [5.74, 6) is 2.99. The molecule has 230 valence electrons. The van der Waals surface area contributed by atoms with Gasteiger partial charge in [0.1, 0.15) is 34.4 Å². The van der Waals surface area contributed by atoms with Crippen molar-refractivity contribution < 1.29 is 18.9 Å². The fourth-order valence-electron chi connectivity index (χ4n) is 5.28. The van der Waals surface area contributed by atoms with Gasteiger partial charge in [-0.25, -0.2) is 19.9 Å². The van der Waals surface area contributed by atoms with E-state index in [-0.39, 0.29) is 11.9 Å². The highest BCUT2D eigenvalue weighted by Crippen LogP contribution is 2.45. The fourth-order valence-corrected chi connectivity index (χ4v) is 5.28. The summed E-state index contributed by atoms with van der Waals surface area (Å²) >= 11 is 0. The van der Waals surface area contributed by atoms with Crippen LogP contribution in [0.1, 0.15) is 0 Å². The lowest BCUT2D eigenvalue weighted by Crippen LogP contribution is -2.08. The van der Waals surface area contributed by atoms with Crippen LogP contribution in [-0.4, -0.2) is 48.4 Å². The normalized spacial score (nSPS) is 10.8. The molecule has 10 heteroatoms. The van der Waals surface area contributed by atoms with Crippen LogP contribution >= 0.6 is 0 Å². The number of hydrogen-bond donors (Lipinski definition) is 2. The van der Waals surface area contributed by atoms with Gasteiger partial charge in [0.25, 0.3) is 0 Å². The second kappa shape index (κ2) is 12.8. The summed E-state index contributed by atoms with van der Waals surface area (Å²) in [5.41, 5.74) is 19.8. The Morgan fingerprint density at radius 1 is 0.348 bits per heavy atom. The highest BCUT2D eigenvalue weighted by molar-refractivity contribution is 5.98. The second-order valence-corrected chi connectivity index (χ2v) is 10.2. The molecule has 0 spiro atoms. The molecule has 4 aromatic carbocycles. The van der Waals surface area contributed by atoms with Crippen molar-refractivity contribution in [2.45, 2.75) is 0 Å². The average Bonchev–Trinajstić information content (AvgIpc) is 3.11. The quantitative estimate of drug-likeness (QED) is 0.179. The van der Waals surface area contributed by atoms with Gasteiger partial charge in [0.15, 0.2) is 0 Å². The highest BCUT2D eigenvalue weighted by atomic mass is 16.5. The van der Waals surface area contributed by atoms with Crippen molar-refractivity contribution >= 4 is 11.9 Å². The molecule has 0 aliphatic carbocycles. The van der Waals surface area contributed by atoms with Crippen LogP contribution in [0.4, 0.5) is 11.9 Å². The van der Waals surface area contributed by atoms with Crippen LogP contribution in [-0.2, 0) is 0 Å². The molecule has 2 heterocycles. The summed E-state index contributed by atoms with van der Waals surface area (Å²) < 4.78 is 21.7. The standard InChI is InChI=1S/C36H32N6O4/c1-43-25-13-5-21(6-14-25)29-31(23-9-17-27(45-3)18-10-23)39-35(37)41-33(29)34-30(22-7-15-26(44-2)16-8-22)32(40-36(38)42-34)24-11-19-28(46-4)20-12-24/h5-20H,1-4H3,(H2,37,39,41)(H2,38,40,42).